The second kappa shape index (κ2) is 12.9. The van der Waals surface area contributed by atoms with Gasteiger partial charge in [0, 0.05) is 21.5 Å². The fourth-order valence-electron chi connectivity index (χ4n) is 10.4. The van der Waals surface area contributed by atoms with E-state index >= 15 is 0 Å². The van der Waals surface area contributed by atoms with Crippen LogP contribution >= 0.6 is 0 Å². The summed E-state index contributed by atoms with van der Waals surface area (Å²) in [7, 11) is 0. The summed E-state index contributed by atoms with van der Waals surface area (Å²) < 4.78 is 19.4. The van der Waals surface area contributed by atoms with E-state index in [4.69, 9.17) is 9.47 Å². The predicted molar refractivity (Wildman–Crippen MR) is 250 cm³/mol. The van der Waals surface area contributed by atoms with Gasteiger partial charge in [-0.2, -0.15) is 0 Å². The minimum absolute atomic E-state index is 0.134. The molecule has 6 heteroatoms. The summed E-state index contributed by atoms with van der Waals surface area (Å²) in [5.41, 5.74) is 13.6. The molecule has 0 fully saturated rings. The summed E-state index contributed by atoms with van der Waals surface area (Å²) in [6, 6.07) is 74.0. The molecule has 0 saturated carbocycles. The average molecular weight is 765 g/mol. The number of ether oxygens (including phenoxy) is 2. The molecule has 0 radical (unpaired) electrons. The van der Waals surface area contributed by atoms with E-state index in [-0.39, 0.29) is 13.4 Å². The first kappa shape index (κ1) is 33.3. The molecule has 0 unspecified atom stereocenters. The molecule has 0 amide bonds. The summed E-state index contributed by atoms with van der Waals surface area (Å²) in [4.78, 5) is 0. The third-order valence-corrected chi connectivity index (χ3v) is 12.8. The molecule has 278 valence electrons. The van der Waals surface area contributed by atoms with E-state index in [9.17, 15) is 0 Å². The molecule has 0 bridgehead atoms. The summed E-state index contributed by atoms with van der Waals surface area (Å²) in [5, 5.41) is 4.88. The smallest absolute Gasteiger partial charge is 0.250 e. The van der Waals surface area contributed by atoms with Crippen LogP contribution in [0.15, 0.2) is 206 Å². The molecule has 0 aliphatic carbocycles. The van der Waals surface area contributed by atoms with Crippen molar-refractivity contribution < 1.29 is 9.47 Å². The number of hydrogen-bond donors (Lipinski definition) is 0. The van der Waals surface area contributed by atoms with Crippen LogP contribution in [0.2, 0.25) is 0 Å². The van der Waals surface area contributed by atoms with Crippen LogP contribution in [0.4, 0.5) is 0 Å². The Morgan fingerprint density at radius 3 is 1.00 bits per heavy atom. The number of fused-ring (bicyclic) bond motifs is 11. The van der Waals surface area contributed by atoms with Crippen molar-refractivity contribution in [2.24, 2.45) is 0 Å². The van der Waals surface area contributed by atoms with Gasteiger partial charge in [0.1, 0.15) is 23.0 Å². The van der Waals surface area contributed by atoms with Crippen LogP contribution in [-0.2, 0) is 0 Å². The lowest BCUT2D eigenvalue weighted by Crippen LogP contribution is -2.67. The Morgan fingerprint density at radius 2 is 0.633 bits per heavy atom. The molecule has 4 heterocycles. The largest absolute Gasteiger partial charge is 0.456 e. The lowest BCUT2D eigenvalue weighted by Gasteiger charge is -2.36. The Labute approximate surface area is 347 Å². The highest BCUT2D eigenvalue weighted by Gasteiger charge is 2.43. The van der Waals surface area contributed by atoms with Crippen LogP contribution < -0.4 is 42.3 Å². The molecule has 2 aliphatic rings. The third-order valence-electron chi connectivity index (χ3n) is 12.8. The van der Waals surface area contributed by atoms with Crippen molar-refractivity contribution in [2.45, 2.75) is 0 Å². The van der Waals surface area contributed by atoms with Crippen molar-refractivity contribution in [3.8, 4) is 34.4 Å². The van der Waals surface area contributed by atoms with Gasteiger partial charge in [-0.3, -0.25) is 0 Å². The number of rotatable bonds is 4. The number of nitrogens with zero attached hydrogens (tertiary/aromatic N) is 2. The number of hydrogen-bond acceptors (Lipinski definition) is 2. The molecular formula is C54H34B2N2O2. The zero-order valence-corrected chi connectivity index (χ0v) is 32.5. The Bertz CT molecular complexity index is 3180. The van der Waals surface area contributed by atoms with Crippen molar-refractivity contribution in [3.05, 3.63) is 206 Å². The first-order chi connectivity index (χ1) is 29.8. The van der Waals surface area contributed by atoms with Gasteiger partial charge in [0.2, 0.25) is 0 Å². The zero-order chi connectivity index (χ0) is 39.3. The van der Waals surface area contributed by atoms with Crippen LogP contribution in [-0.4, -0.2) is 22.6 Å². The molecule has 0 N–H and O–H groups in total. The normalized spacial score (nSPS) is 12.9. The molecule has 9 aromatic carbocycles. The van der Waals surface area contributed by atoms with E-state index in [1.165, 1.54) is 32.5 Å². The Morgan fingerprint density at radius 1 is 0.300 bits per heavy atom. The van der Waals surface area contributed by atoms with Gasteiger partial charge in [0.05, 0.1) is 33.4 Å². The Kier molecular flexibility index (Phi) is 7.16. The highest BCUT2D eigenvalue weighted by atomic mass is 16.5. The minimum atomic E-state index is -0.134. The van der Waals surface area contributed by atoms with E-state index in [0.717, 1.165) is 78.3 Å². The molecule has 0 spiro atoms. The average Bonchev–Trinajstić information content (AvgIpc) is 3.83. The predicted octanol–water partition coefficient (Wildman–Crippen LogP) is 9.12. The van der Waals surface area contributed by atoms with Gasteiger partial charge < -0.3 is 18.6 Å². The Balaban J connectivity index is 1.07. The van der Waals surface area contributed by atoms with Crippen LogP contribution in [0.25, 0.3) is 55.0 Å². The van der Waals surface area contributed by atoms with Gasteiger partial charge in [-0.15, -0.1) is 0 Å². The lowest BCUT2D eigenvalue weighted by atomic mass is 9.27. The van der Waals surface area contributed by atoms with E-state index in [1.54, 1.807) is 0 Å². The molecule has 13 rings (SSSR count). The van der Waals surface area contributed by atoms with Crippen molar-refractivity contribution in [2.75, 3.05) is 0 Å². The monoisotopic (exact) mass is 764 g/mol. The van der Waals surface area contributed by atoms with Crippen LogP contribution in [0, 0.1) is 0 Å². The van der Waals surface area contributed by atoms with E-state index in [1.807, 2.05) is 0 Å². The molecular weight excluding hydrogens is 730 g/mol. The highest BCUT2D eigenvalue weighted by Crippen LogP contribution is 2.41. The van der Waals surface area contributed by atoms with E-state index < -0.39 is 0 Å². The first-order valence-electron chi connectivity index (χ1n) is 20.7. The summed E-state index contributed by atoms with van der Waals surface area (Å²) >= 11 is 0. The van der Waals surface area contributed by atoms with Gasteiger partial charge in [0.25, 0.3) is 13.4 Å². The quantitative estimate of drug-likeness (QED) is 0.168. The van der Waals surface area contributed by atoms with Gasteiger partial charge in [-0.25, -0.2) is 0 Å². The topological polar surface area (TPSA) is 28.3 Å². The molecule has 2 aromatic heterocycles. The summed E-state index contributed by atoms with van der Waals surface area (Å²) in [5.74, 6) is 3.42. The van der Waals surface area contributed by atoms with Gasteiger partial charge in [-0.1, -0.05) is 169 Å². The van der Waals surface area contributed by atoms with E-state index in [2.05, 4.69) is 215 Å². The Hall–Kier alpha value is -7.69. The maximum Gasteiger partial charge on any atom is 0.250 e. The van der Waals surface area contributed by atoms with E-state index in [0.29, 0.717) is 0 Å². The van der Waals surface area contributed by atoms with Gasteiger partial charge >= 0.3 is 0 Å². The van der Waals surface area contributed by atoms with Crippen molar-refractivity contribution in [3.63, 3.8) is 0 Å². The lowest BCUT2D eigenvalue weighted by molar-refractivity contribution is 0.474. The molecule has 0 atom stereocenters. The standard InChI is InChI=1S/C54H34B2N2O2/c1-3-17-35(18-4-1)55-41-25-15-31-47(57-43-27-11-7-21-37(43)38-22-8-12-28-44(38)57)53(41)59-49-33-34-50-52(51(49)55)56(36-19-5-2-6-20-36)42-26-16-32-48(54(42)60-50)58-45-29-13-9-23-39(45)40-24-10-14-30-46(40)58/h1-34H. The summed E-state index contributed by atoms with van der Waals surface area (Å²) in [6.45, 7) is -0.269. The molecule has 11 aromatic rings. The van der Waals surface area contributed by atoms with Crippen LogP contribution in [0.3, 0.4) is 0 Å². The summed E-state index contributed by atoms with van der Waals surface area (Å²) in [6.07, 6.45) is 0. The maximum atomic E-state index is 7.32. The van der Waals surface area contributed by atoms with Crippen LogP contribution in [0.5, 0.6) is 23.0 Å². The van der Waals surface area contributed by atoms with Gasteiger partial charge in [0.15, 0.2) is 0 Å². The first-order valence-corrected chi connectivity index (χ1v) is 20.7. The molecule has 2 aliphatic heterocycles. The van der Waals surface area contributed by atoms with Gasteiger partial charge in [-0.05, 0) is 70.4 Å². The van der Waals surface area contributed by atoms with Crippen molar-refractivity contribution in [1.29, 1.82) is 0 Å². The second-order valence-corrected chi connectivity index (χ2v) is 15.9. The minimum Gasteiger partial charge on any atom is -0.456 e. The SMILES string of the molecule is c1ccc(B2c3cccc(-n4c5ccccc5c5ccccc54)c3Oc3ccc4c(c32)B(c2ccccc2)c2cccc(-n3c5ccccc5c5ccccc53)c2O4)cc1. The van der Waals surface area contributed by atoms with Crippen molar-refractivity contribution in [1.82, 2.24) is 9.13 Å². The van der Waals surface area contributed by atoms with Crippen LogP contribution in [0.1, 0.15) is 0 Å². The number of benzene rings is 9. The molecule has 4 nitrogen and oxygen atoms in total. The zero-order valence-electron chi connectivity index (χ0n) is 32.5. The fraction of sp³-hybridized carbons (Fsp3) is 0. The fourth-order valence-corrected chi connectivity index (χ4v) is 10.4. The number of aromatic nitrogens is 2. The molecule has 60 heavy (non-hydrogen) atoms. The number of para-hydroxylation sites is 6. The highest BCUT2D eigenvalue weighted by molar-refractivity contribution is 7.05. The second-order valence-electron chi connectivity index (χ2n) is 15.9. The maximum absolute atomic E-state index is 7.32. The third kappa shape index (κ3) is 4.70. The molecule has 0 saturated heterocycles. The van der Waals surface area contributed by atoms with Crippen molar-refractivity contribution >= 4 is 89.8 Å².